The fourth-order valence-electron chi connectivity index (χ4n) is 3.71. The predicted octanol–water partition coefficient (Wildman–Crippen LogP) is 4.66. The lowest BCUT2D eigenvalue weighted by atomic mass is 10.1. The number of halogens is 1. The van der Waals surface area contributed by atoms with Gasteiger partial charge in [0.2, 0.25) is 0 Å². The van der Waals surface area contributed by atoms with Crippen molar-refractivity contribution in [1.82, 2.24) is 14.9 Å². The number of benzene rings is 2. The number of ether oxygens (including phenoxy) is 1. The Bertz CT molecular complexity index is 1190. The SMILES string of the molecule is CC(C)NC(=O)c1ccc2c(=O)n(C[C@H]3CCCO3)c(SCc3ccccc3Cl)nc2c1. The smallest absolute Gasteiger partial charge is 0.262 e. The molecule has 2 heterocycles. The molecule has 3 aromatic rings. The lowest BCUT2D eigenvalue weighted by molar-refractivity contribution is 0.0937. The van der Waals surface area contributed by atoms with Gasteiger partial charge in [0.25, 0.3) is 11.5 Å². The maximum Gasteiger partial charge on any atom is 0.262 e. The van der Waals surface area contributed by atoms with Gasteiger partial charge in [-0.2, -0.15) is 0 Å². The molecule has 1 atom stereocenters. The molecule has 1 saturated heterocycles. The highest BCUT2D eigenvalue weighted by molar-refractivity contribution is 7.98. The number of carbonyl (C=O) groups is 1. The van der Waals surface area contributed by atoms with E-state index in [4.69, 9.17) is 21.3 Å². The Hall–Kier alpha value is -2.35. The predicted molar refractivity (Wildman–Crippen MR) is 129 cm³/mol. The van der Waals surface area contributed by atoms with Crippen molar-refractivity contribution in [2.75, 3.05) is 6.61 Å². The number of thioether (sulfide) groups is 1. The molecule has 0 aliphatic carbocycles. The van der Waals surface area contributed by atoms with Crippen molar-refractivity contribution >= 4 is 40.2 Å². The minimum absolute atomic E-state index is 0.00251. The van der Waals surface area contributed by atoms with Crippen LogP contribution in [0.3, 0.4) is 0 Å². The van der Waals surface area contributed by atoms with Crippen LogP contribution in [0.15, 0.2) is 52.4 Å². The number of nitrogens with one attached hydrogen (secondary N) is 1. The van der Waals surface area contributed by atoms with Gasteiger partial charge in [-0.05, 0) is 56.5 Å². The monoisotopic (exact) mass is 471 g/mol. The first-order chi connectivity index (χ1) is 15.4. The van der Waals surface area contributed by atoms with Gasteiger partial charge < -0.3 is 10.1 Å². The normalized spacial score (nSPS) is 16.1. The summed E-state index contributed by atoms with van der Waals surface area (Å²) in [6.07, 6.45) is 1.92. The Morgan fingerprint density at radius 3 is 2.84 bits per heavy atom. The summed E-state index contributed by atoms with van der Waals surface area (Å²) in [5.74, 6) is 0.397. The van der Waals surface area contributed by atoms with Crippen molar-refractivity contribution in [3.63, 3.8) is 0 Å². The van der Waals surface area contributed by atoms with Gasteiger partial charge in [-0.1, -0.05) is 41.6 Å². The van der Waals surface area contributed by atoms with Crippen LogP contribution in [0, 0.1) is 0 Å². The molecule has 2 aromatic carbocycles. The quantitative estimate of drug-likeness (QED) is 0.400. The number of amides is 1. The summed E-state index contributed by atoms with van der Waals surface area (Å²) in [5, 5.41) is 4.65. The van der Waals surface area contributed by atoms with Crippen LogP contribution in [0.4, 0.5) is 0 Å². The highest BCUT2D eigenvalue weighted by atomic mass is 35.5. The van der Waals surface area contributed by atoms with E-state index in [0.717, 1.165) is 25.0 Å². The van der Waals surface area contributed by atoms with Crippen LogP contribution in [0.5, 0.6) is 0 Å². The van der Waals surface area contributed by atoms with Gasteiger partial charge in [-0.25, -0.2) is 4.98 Å². The Kier molecular flexibility index (Phi) is 7.18. The van der Waals surface area contributed by atoms with Crippen molar-refractivity contribution in [2.45, 2.75) is 56.3 Å². The molecule has 0 radical (unpaired) electrons. The summed E-state index contributed by atoms with van der Waals surface area (Å²) < 4.78 is 7.48. The van der Waals surface area contributed by atoms with E-state index in [1.54, 1.807) is 22.8 Å². The third-order valence-electron chi connectivity index (χ3n) is 5.33. The molecule has 1 aliphatic heterocycles. The van der Waals surface area contributed by atoms with Crippen molar-refractivity contribution in [2.24, 2.45) is 0 Å². The number of hydrogen-bond acceptors (Lipinski definition) is 5. The minimum Gasteiger partial charge on any atom is -0.376 e. The molecule has 0 spiro atoms. The first-order valence-corrected chi connectivity index (χ1v) is 12.1. The van der Waals surface area contributed by atoms with Gasteiger partial charge in [0.15, 0.2) is 5.16 Å². The Morgan fingerprint density at radius 1 is 1.31 bits per heavy atom. The van der Waals surface area contributed by atoms with Crippen LogP contribution in [-0.4, -0.2) is 34.2 Å². The second-order valence-corrected chi connectivity index (χ2v) is 9.54. The van der Waals surface area contributed by atoms with E-state index in [1.165, 1.54) is 11.8 Å². The molecule has 6 nitrogen and oxygen atoms in total. The third-order valence-corrected chi connectivity index (χ3v) is 6.72. The van der Waals surface area contributed by atoms with E-state index in [9.17, 15) is 9.59 Å². The largest absolute Gasteiger partial charge is 0.376 e. The fraction of sp³-hybridized carbons (Fsp3) is 0.375. The lowest BCUT2D eigenvalue weighted by Gasteiger charge is -2.17. The maximum absolute atomic E-state index is 13.4. The number of hydrogen-bond donors (Lipinski definition) is 1. The zero-order chi connectivity index (χ0) is 22.7. The van der Waals surface area contributed by atoms with Gasteiger partial charge >= 0.3 is 0 Å². The van der Waals surface area contributed by atoms with Crippen LogP contribution < -0.4 is 10.9 Å². The number of aromatic nitrogens is 2. The number of nitrogens with zero attached hydrogens (tertiary/aromatic N) is 2. The average Bonchev–Trinajstić information content (AvgIpc) is 3.28. The molecule has 4 rings (SSSR count). The number of carbonyl (C=O) groups excluding carboxylic acids is 1. The second-order valence-electron chi connectivity index (χ2n) is 8.19. The van der Waals surface area contributed by atoms with Crippen LogP contribution >= 0.6 is 23.4 Å². The van der Waals surface area contributed by atoms with E-state index in [1.807, 2.05) is 38.1 Å². The van der Waals surface area contributed by atoms with Crippen molar-refractivity contribution in [3.05, 3.63) is 69.0 Å². The molecule has 168 valence electrons. The van der Waals surface area contributed by atoms with Crippen LogP contribution in [-0.2, 0) is 17.0 Å². The summed E-state index contributed by atoms with van der Waals surface area (Å²) in [6.45, 7) is 4.99. The summed E-state index contributed by atoms with van der Waals surface area (Å²) in [6, 6.07) is 12.7. The van der Waals surface area contributed by atoms with Crippen LogP contribution in [0.25, 0.3) is 10.9 Å². The molecular weight excluding hydrogens is 446 g/mol. The molecule has 1 fully saturated rings. The molecule has 1 N–H and O–H groups in total. The van der Waals surface area contributed by atoms with Crippen LogP contribution in [0.1, 0.15) is 42.6 Å². The van der Waals surface area contributed by atoms with E-state index in [2.05, 4.69) is 5.32 Å². The van der Waals surface area contributed by atoms with Gasteiger partial charge in [-0.15, -0.1) is 0 Å². The molecule has 0 unspecified atom stereocenters. The fourth-order valence-corrected chi connectivity index (χ4v) is 5.00. The summed E-state index contributed by atoms with van der Waals surface area (Å²) >= 11 is 7.79. The minimum atomic E-state index is -0.183. The standard InChI is InChI=1S/C24H26ClN3O3S/c1-15(2)26-22(29)16-9-10-19-21(12-16)27-24(32-14-17-6-3-4-8-20(17)25)28(23(19)30)13-18-7-5-11-31-18/h3-4,6,8-10,12,15,18H,5,7,11,13-14H2,1-2H3,(H,26,29)/t18-/m1/s1. The maximum atomic E-state index is 13.4. The molecule has 8 heteroatoms. The second kappa shape index (κ2) is 10.1. The molecule has 1 amide bonds. The van der Waals surface area contributed by atoms with Crippen LogP contribution in [0.2, 0.25) is 5.02 Å². The van der Waals surface area contributed by atoms with Gasteiger partial charge in [-0.3, -0.25) is 14.2 Å². The van der Waals surface area contributed by atoms with E-state index in [-0.39, 0.29) is 23.6 Å². The molecule has 1 aromatic heterocycles. The average molecular weight is 472 g/mol. The highest BCUT2D eigenvalue weighted by Gasteiger charge is 2.21. The molecular formula is C24H26ClN3O3S. The molecule has 0 bridgehead atoms. The van der Waals surface area contributed by atoms with E-state index in [0.29, 0.717) is 38.9 Å². The van der Waals surface area contributed by atoms with E-state index >= 15 is 0 Å². The number of rotatable bonds is 7. The summed E-state index contributed by atoms with van der Waals surface area (Å²) in [7, 11) is 0. The first-order valence-electron chi connectivity index (χ1n) is 10.8. The summed E-state index contributed by atoms with van der Waals surface area (Å²) in [5.41, 5.74) is 1.85. The number of fused-ring (bicyclic) bond motifs is 1. The lowest BCUT2D eigenvalue weighted by Crippen LogP contribution is -2.31. The zero-order valence-corrected chi connectivity index (χ0v) is 19.7. The van der Waals surface area contributed by atoms with Gasteiger partial charge in [0.1, 0.15) is 0 Å². The molecule has 32 heavy (non-hydrogen) atoms. The highest BCUT2D eigenvalue weighted by Crippen LogP contribution is 2.27. The Morgan fingerprint density at radius 2 is 2.12 bits per heavy atom. The first kappa shape index (κ1) is 22.8. The third kappa shape index (κ3) is 5.17. The molecule has 1 aliphatic rings. The van der Waals surface area contributed by atoms with E-state index < -0.39 is 0 Å². The zero-order valence-electron chi connectivity index (χ0n) is 18.1. The van der Waals surface area contributed by atoms with Gasteiger partial charge in [0, 0.05) is 29.0 Å². The Balaban J connectivity index is 1.73. The molecule has 0 saturated carbocycles. The van der Waals surface area contributed by atoms with Crippen molar-refractivity contribution in [3.8, 4) is 0 Å². The summed E-state index contributed by atoms with van der Waals surface area (Å²) in [4.78, 5) is 30.6. The Labute approximate surface area is 196 Å². The van der Waals surface area contributed by atoms with Crippen molar-refractivity contribution in [1.29, 1.82) is 0 Å². The van der Waals surface area contributed by atoms with Crippen molar-refractivity contribution < 1.29 is 9.53 Å². The van der Waals surface area contributed by atoms with Gasteiger partial charge in [0.05, 0.1) is 23.6 Å². The topological polar surface area (TPSA) is 73.2 Å².